The molecule has 98 valence electrons. The molecule has 1 N–H and O–H groups in total. The van der Waals surface area contributed by atoms with Crippen LogP contribution in [0.5, 0.6) is 17.2 Å². The zero-order chi connectivity index (χ0) is 13.8. The number of benzene rings is 2. The van der Waals surface area contributed by atoms with E-state index in [2.05, 4.69) is 0 Å². The highest BCUT2D eigenvalue weighted by atomic mass is 16.6. The first-order chi connectivity index (χ1) is 9.13. The molecule has 4 nitrogen and oxygen atoms in total. The number of aryl methyl sites for hydroxylation is 1. The molecule has 0 saturated carbocycles. The Hall–Kier alpha value is -2.49. The van der Waals surface area contributed by atoms with E-state index in [0.717, 1.165) is 0 Å². The Labute approximate surface area is 111 Å². The molecule has 0 heterocycles. The quantitative estimate of drug-likeness (QED) is 0.679. The van der Waals surface area contributed by atoms with E-state index in [9.17, 15) is 9.90 Å². The van der Waals surface area contributed by atoms with Crippen LogP contribution in [0.2, 0.25) is 0 Å². The Morgan fingerprint density at radius 1 is 1.05 bits per heavy atom. The minimum absolute atomic E-state index is 0.0672. The minimum Gasteiger partial charge on any atom is -0.507 e. The number of phenolic OH excluding ortho intramolecular Hbond substituents is 1. The van der Waals surface area contributed by atoms with Crippen molar-refractivity contribution in [3.63, 3.8) is 0 Å². The Kier molecular flexibility index (Phi) is 3.71. The number of hydrogen-bond donors (Lipinski definition) is 1. The van der Waals surface area contributed by atoms with Crippen molar-refractivity contribution in [3.8, 4) is 17.2 Å². The SMILES string of the molecule is COc1ccccc1OC(=O)c1cccc(C)c1O. The number of methoxy groups -OCH3 is 1. The Morgan fingerprint density at radius 3 is 2.42 bits per heavy atom. The molecule has 2 aromatic rings. The molecule has 0 aliphatic carbocycles. The molecule has 0 spiro atoms. The average molecular weight is 258 g/mol. The molecule has 4 heteroatoms. The molecule has 2 aromatic carbocycles. The third kappa shape index (κ3) is 2.68. The second kappa shape index (κ2) is 5.44. The number of para-hydroxylation sites is 3. The molecule has 0 radical (unpaired) electrons. The summed E-state index contributed by atoms with van der Waals surface area (Å²) in [4.78, 5) is 12.0. The number of rotatable bonds is 3. The monoisotopic (exact) mass is 258 g/mol. The van der Waals surface area contributed by atoms with Gasteiger partial charge in [0, 0.05) is 0 Å². The van der Waals surface area contributed by atoms with Crippen LogP contribution in [-0.2, 0) is 0 Å². The van der Waals surface area contributed by atoms with Crippen LogP contribution in [0.15, 0.2) is 42.5 Å². The second-order valence-corrected chi connectivity index (χ2v) is 4.01. The Balaban J connectivity index is 2.28. The Bertz CT molecular complexity index is 605. The minimum atomic E-state index is -0.620. The third-order valence-electron chi connectivity index (χ3n) is 2.73. The van der Waals surface area contributed by atoms with Crippen LogP contribution < -0.4 is 9.47 Å². The molecule has 0 aliphatic heterocycles. The maximum absolute atomic E-state index is 12.0. The van der Waals surface area contributed by atoms with E-state index in [1.807, 2.05) is 0 Å². The molecular weight excluding hydrogens is 244 g/mol. The number of ether oxygens (including phenoxy) is 2. The fourth-order valence-electron chi connectivity index (χ4n) is 1.68. The van der Waals surface area contributed by atoms with Gasteiger partial charge in [-0.3, -0.25) is 0 Å². The summed E-state index contributed by atoms with van der Waals surface area (Å²) in [6.07, 6.45) is 0. The van der Waals surface area contributed by atoms with E-state index in [4.69, 9.17) is 9.47 Å². The first kappa shape index (κ1) is 13.0. The van der Waals surface area contributed by atoms with Gasteiger partial charge in [0.05, 0.1) is 7.11 Å². The number of carbonyl (C=O) groups is 1. The lowest BCUT2D eigenvalue weighted by molar-refractivity contribution is 0.0726. The molecule has 0 atom stereocenters. The zero-order valence-electron chi connectivity index (χ0n) is 10.7. The molecule has 0 aliphatic rings. The number of carbonyl (C=O) groups excluding carboxylic acids is 1. The van der Waals surface area contributed by atoms with Gasteiger partial charge in [0.2, 0.25) is 0 Å². The topological polar surface area (TPSA) is 55.8 Å². The van der Waals surface area contributed by atoms with Gasteiger partial charge in [-0.1, -0.05) is 24.3 Å². The fraction of sp³-hybridized carbons (Fsp3) is 0.133. The second-order valence-electron chi connectivity index (χ2n) is 4.01. The van der Waals surface area contributed by atoms with E-state index in [1.165, 1.54) is 13.2 Å². The summed E-state index contributed by atoms with van der Waals surface area (Å²) >= 11 is 0. The van der Waals surface area contributed by atoms with Gasteiger partial charge in [-0.15, -0.1) is 0 Å². The third-order valence-corrected chi connectivity index (χ3v) is 2.73. The molecule has 0 fully saturated rings. The summed E-state index contributed by atoms with van der Waals surface area (Å²) < 4.78 is 10.3. The van der Waals surface area contributed by atoms with Crippen LogP contribution in [0.25, 0.3) is 0 Å². The van der Waals surface area contributed by atoms with E-state index in [0.29, 0.717) is 17.1 Å². The average Bonchev–Trinajstić information content (AvgIpc) is 2.42. The zero-order valence-corrected chi connectivity index (χ0v) is 10.7. The molecule has 2 rings (SSSR count). The van der Waals surface area contributed by atoms with Crippen LogP contribution in [0, 0.1) is 6.92 Å². The van der Waals surface area contributed by atoms with Gasteiger partial charge in [-0.25, -0.2) is 4.79 Å². The van der Waals surface area contributed by atoms with Crippen molar-refractivity contribution >= 4 is 5.97 Å². The summed E-state index contributed by atoms with van der Waals surface area (Å²) in [6, 6.07) is 11.8. The van der Waals surface area contributed by atoms with Gasteiger partial charge in [0.1, 0.15) is 11.3 Å². The van der Waals surface area contributed by atoms with Crippen molar-refractivity contribution in [2.45, 2.75) is 6.92 Å². The standard InChI is InChI=1S/C15H14O4/c1-10-6-5-7-11(14(10)16)15(17)19-13-9-4-3-8-12(13)18-2/h3-9,16H,1-2H3. The number of aromatic hydroxyl groups is 1. The van der Waals surface area contributed by atoms with Crippen molar-refractivity contribution in [3.05, 3.63) is 53.6 Å². The lowest BCUT2D eigenvalue weighted by Gasteiger charge is -2.10. The molecule has 19 heavy (non-hydrogen) atoms. The normalized spacial score (nSPS) is 10.0. The predicted octanol–water partition coefficient (Wildman–Crippen LogP) is 2.93. The maximum Gasteiger partial charge on any atom is 0.347 e. The first-order valence-corrected chi connectivity index (χ1v) is 5.77. The highest BCUT2D eigenvalue weighted by molar-refractivity contribution is 5.94. The number of hydrogen-bond acceptors (Lipinski definition) is 4. The van der Waals surface area contributed by atoms with E-state index < -0.39 is 5.97 Å². The molecule has 0 aromatic heterocycles. The highest BCUT2D eigenvalue weighted by Crippen LogP contribution is 2.28. The van der Waals surface area contributed by atoms with Gasteiger partial charge >= 0.3 is 5.97 Å². The van der Waals surface area contributed by atoms with Gasteiger partial charge < -0.3 is 14.6 Å². The van der Waals surface area contributed by atoms with Crippen LogP contribution >= 0.6 is 0 Å². The van der Waals surface area contributed by atoms with Crippen molar-refractivity contribution in [2.24, 2.45) is 0 Å². The number of phenols is 1. The van der Waals surface area contributed by atoms with Crippen molar-refractivity contribution < 1.29 is 19.4 Å². The molecule has 0 saturated heterocycles. The molecule has 0 amide bonds. The molecular formula is C15H14O4. The van der Waals surface area contributed by atoms with Gasteiger partial charge in [-0.05, 0) is 30.7 Å². The number of esters is 1. The summed E-state index contributed by atoms with van der Waals surface area (Å²) in [5.74, 6) is 0.0898. The van der Waals surface area contributed by atoms with Crippen LogP contribution in [0.3, 0.4) is 0 Å². The van der Waals surface area contributed by atoms with Crippen LogP contribution in [0.1, 0.15) is 15.9 Å². The summed E-state index contributed by atoms with van der Waals surface area (Å²) in [6.45, 7) is 1.72. The molecule has 0 bridgehead atoms. The van der Waals surface area contributed by atoms with Crippen molar-refractivity contribution in [1.29, 1.82) is 0 Å². The van der Waals surface area contributed by atoms with Crippen LogP contribution in [0.4, 0.5) is 0 Å². The van der Waals surface area contributed by atoms with E-state index in [-0.39, 0.29) is 11.3 Å². The largest absolute Gasteiger partial charge is 0.507 e. The fourth-order valence-corrected chi connectivity index (χ4v) is 1.68. The maximum atomic E-state index is 12.0. The lowest BCUT2D eigenvalue weighted by atomic mass is 10.1. The van der Waals surface area contributed by atoms with E-state index in [1.54, 1.807) is 43.3 Å². The summed E-state index contributed by atoms with van der Waals surface area (Å²) in [5.41, 5.74) is 0.750. The Morgan fingerprint density at radius 2 is 1.74 bits per heavy atom. The smallest absolute Gasteiger partial charge is 0.347 e. The van der Waals surface area contributed by atoms with Gasteiger partial charge in [0.15, 0.2) is 11.5 Å². The summed E-state index contributed by atoms with van der Waals surface area (Å²) in [7, 11) is 1.50. The summed E-state index contributed by atoms with van der Waals surface area (Å²) in [5, 5.41) is 9.84. The highest BCUT2D eigenvalue weighted by Gasteiger charge is 2.16. The van der Waals surface area contributed by atoms with Crippen molar-refractivity contribution in [2.75, 3.05) is 7.11 Å². The molecule has 0 unspecified atom stereocenters. The van der Waals surface area contributed by atoms with Crippen LogP contribution in [-0.4, -0.2) is 18.2 Å². The first-order valence-electron chi connectivity index (χ1n) is 5.77. The predicted molar refractivity (Wildman–Crippen MR) is 70.8 cm³/mol. The van der Waals surface area contributed by atoms with E-state index >= 15 is 0 Å². The lowest BCUT2D eigenvalue weighted by Crippen LogP contribution is -2.09. The van der Waals surface area contributed by atoms with Gasteiger partial charge in [0.25, 0.3) is 0 Å². The van der Waals surface area contributed by atoms with Gasteiger partial charge in [-0.2, -0.15) is 0 Å². The van der Waals surface area contributed by atoms with Crippen molar-refractivity contribution in [1.82, 2.24) is 0 Å².